The van der Waals surface area contributed by atoms with Crippen LogP contribution < -0.4 is 0 Å². The van der Waals surface area contributed by atoms with Gasteiger partial charge in [0.25, 0.3) is 0 Å². The molecule has 0 amide bonds. The predicted molar refractivity (Wildman–Crippen MR) is 85.9 cm³/mol. The molecule has 4 heteroatoms. The summed E-state index contributed by atoms with van der Waals surface area (Å²) in [6.07, 6.45) is 1.20. The van der Waals surface area contributed by atoms with E-state index in [0.29, 0.717) is 16.5 Å². The van der Waals surface area contributed by atoms with Gasteiger partial charge in [0.1, 0.15) is 6.61 Å². The van der Waals surface area contributed by atoms with Crippen LogP contribution in [0.15, 0.2) is 48.5 Å². The van der Waals surface area contributed by atoms with E-state index in [-0.39, 0.29) is 19.0 Å². The van der Waals surface area contributed by atoms with Crippen LogP contribution >= 0.6 is 23.2 Å². The highest BCUT2D eigenvalue weighted by atomic mass is 35.5. The summed E-state index contributed by atoms with van der Waals surface area (Å²) >= 11 is 12.1. The van der Waals surface area contributed by atoms with E-state index in [1.807, 2.05) is 30.3 Å². The molecule has 2 rings (SSSR count). The maximum Gasteiger partial charge on any atom is 0.158 e. The lowest BCUT2D eigenvalue weighted by Crippen LogP contribution is -2.10. The van der Waals surface area contributed by atoms with Gasteiger partial charge in [-0.2, -0.15) is 0 Å². The van der Waals surface area contributed by atoms with E-state index < -0.39 is 0 Å². The minimum absolute atomic E-state index is 0.0713. The third kappa shape index (κ3) is 5.16. The molecular weight excluding hydrogens is 307 g/mol. The maximum absolute atomic E-state index is 11.8. The van der Waals surface area contributed by atoms with E-state index in [4.69, 9.17) is 27.9 Å². The first kappa shape index (κ1) is 16.0. The second-order valence-electron chi connectivity index (χ2n) is 4.72. The Balaban J connectivity index is 1.75. The lowest BCUT2D eigenvalue weighted by Gasteiger charge is -2.07. The number of aryl methyl sites for hydroxylation is 1. The zero-order valence-electron chi connectivity index (χ0n) is 11.5. The molecule has 0 spiro atoms. The standard InChI is InChI=1S/C17H16Cl2O2/c18-16-7-4-8-17(19)15(16)12-21-11-14(20)10-9-13-5-2-1-3-6-13/h1-8H,9-12H2. The molecule has 0 radical (unpaired) electrons. The molecule has 0 N–H and O–H groups in total. The van der Waals surface area contributed by atoms with Crippen molar-refractivity contribution in [1.82, 2.24) is 0 Å². The highest BCUT2D eigenvalue weighted by molar-refractivity contribution is 6.35. The van der Waals surface area contributed by atoms with Crippen LogP contribution in [0.4, 0.5) is 0 Å². The molecule has 0 saturated carbocycles. The van der Waals surface area contributed by atoms with E-state index >= 15 is 0 Å². The van der Waals surface area contributed by atoms with Gasteiger partial charge in [-0.3, -0.25) is 4.79 Å². The summed E-state index contributed by atoms with van der Waals surface area (Å²) in [7, 11) is 0. The number of hydrogen-bond acceptors (Lipinski definition) is 2. The molecule has 2 nitrogen and oxygen atoms in total. The highest BCUT2D eigenvalue weighted by Crippen LogP contribution is 2.24. The van der Waals surface area contributed by atoms with Crippen molar-refractivity contribution in [1.29, 1.82) is 0 Å². The van der Waals surface area contributed by atoms with E-state index in [0.717, 1.165) is 17.5 Å². The summed E-state index contributed by atoms with van der Waals surface area (Å²) in [5.74, 6) is 0.0713. The first-order chi connectivity index (χ1) is 10.2. The van der Waals surface area contributed by atoms with Crippen molar-refractivity contribution in [3.8, 4) is 0 Å². The Labute approximate surface area is 134 Å². The maximum atomic E-state index is 11.8. The van der Waals surface area contributed by atoms with Gasteiger partial charge in [0.2, 0.25) is 0 Å². The van der Waals surface area contributed by atoms with Crippen molar-refractivity contribution in [2.75, 3.05) is 6.61 Å². The number of hydrogen-bond donors (Lipinski definition) is 0. The van der Waals surface area contributed by atoms with Crippen LogP contribution in [-0.2, 0) is 22.6 Å². The van der Waals surface area contributed by atoms with Gasteiger partial charge in [0.05, 0.1) is 6.61 Å². The molecule has 0 aliphatic carbocycles. The summed E-state index contributed by atoms with van der Waals surface area (Å²) in [5, 5.41) is 1.11. The fourth-order valence-corrected chi connectivity index (χ4v) is 2.44. The molecule has 0 aromatic heterocycles. The molecule has 0 bridgehead atoms. The molecule has 0 atom stereocenters. The summed E-state index contributed by atoms with van der Waals surface area (Å²) in [4.78, 5) is 11.8. The molecular formula is C17H16Cl2O2. The van der Waals surface area contributed by atoms with Crippen LogP contribution in [0.3, 0.4) is 0 Å². The smallest absolute Gasteiger partial charge is 0.158 e. The topological polar surface area (TPSA) is 26.3 Å². The van der Waals surface area contributed by atoms with Gasteiger partial charge in [-0.25, -0.2) is 0 Å². The van der Waals surface area contributed by atoms with Crippen molar-refractivity contribution in [3.63, 3.8) is 0 Å². The number of ketones is 1. The Bertz CT molecular complexity index is 577. The van der Waals surface area contributed by atoms with Crippen LogP contribution in [-0.4, -0.2) is 12.4 Å². The van der Waals surface area contributed by atoms with Crippen molar-refractivity contribution in [3.05, 3.63) is 69.7 Å². The Hall–Kier alpha value is -1.35. The number of ether oxygens (including phenoxy) is 1. The van der Waals surface area contributed by atoms with E-state index in [1.165, 1.54) is 0 Å². The Kier molecular flexibility index (Phi) is 6.24. The average molecular weight is 323 g/mol. The third-order valence-corrected chi connectivity index (χ3v) is 3.81. The lowest BCUT2D eigenvalue weighted by molar-refractivity contribution is -0.123. The Morgan fingerprint density at radius 2 is 1.62 bits per heavy atom. The Morgan fingerprint density at radius 1 is 0.952 bits per heavy atom. The van der Waals surface area contributed by atoms with Crippen molar-refractivity contribution in [2.45, 2.75) is 19.4 Å². The second kappa shape index (κ2) is 8.18. The number of Topliss-reactive ketones (excluding diaryl/α,β-unsaturated/α-hetero) is 1. The minimum atomic E-state index is 0.0713. The zero-order chi connectivity index (χ0) is 15.1. The highest BCUT2D eigenvalue weighted by Gasteiger charge is 2.07. The summed E-state index contributed by atoms with van der Waals surface area (Å²) in [6, 6.07) is 15.2. The molecule has 2 aromatic carbocycles. The number of halogens is 2. The van der Waals surface area contributed by atoms with Gasteiger partial charge < -0.3 is 4.74 Å². The fourth-order valence-electron chi connectivity index (χ4n) is 1.94. The van der Waals surface area contributed by atoms with E-state index in [9.17, 15) is 4.79 Å². The minimum Gasteiger partial charge on any atom is -0.369 e. The SMILES string of the molecule is O=C(CCc1ccccc1)COCc1c(Cl)cccc1Cl. The van der Waals surface area contributed by atoms with Gasteiger partial charge in [0, 0.05) is 22.0 Å². The van der Waals surface area contributed by atoms with Crippen molar-refractivity contribution < 1.29 is 9.53 Å². The molecule has 0 heterocycles. The fraction of sp³-hybridized carbons (Fsp3) is 0.235. The first-order valence-electron chi connectivity index (χ1n) is 6.73. The second-order valence-corrected chi connectivity index (χ2v) is 5.53. The molecule has 21 heavy (non-hydrogen) atoms. The van der Waals surface area contributed by atoms with Crippen LogP contribution in [0.25, 0.3) is 0 Å². The molecule has 0 saturated heterocycles. The number of rotatable bonds is 7. The van der Waals surface area contributed by atoms with Crippen molar-refractivity contribution in [2.24, 2.45) is 0 Å². The molecule has 2 aromatic rings. The molecule has 110 valence electrons. The number of carbonyl (C=O) groups is 1. The van der Waals surface area contributed by atoms with Crippen LogP contribution in [0.2, 0.25) is 10.0 Å². The molecule has 0 aliphatic heterocycles. The summed E-state index contributed by atoms with van der Waals surface area (Å²) in [5.41, 5.74) is 1.87. The number of benzene rings is 2. The lowest BCUT2D eigenvalue weighted by atomic mass is 10.1. The zero-order valence-corrected chi connectivity index (χ0v) is 13.0. The van der Waals surface area contributed by atoms with Gasteiger partial charge in [-0.15, -0.1) is 0 Å². The monoisotopic (exact) mass is 322 g/mol. The summed E-state index contributed by atoms with van der Waals surface area (Å²) in [6.45, 7) is 0.323. The largest absolute Gasteiger partial charge is 0.369 e. The van der Waals surface area contributed by atoms with Gasteiger partial charge in [-0.05, 0) is 24.1 Å². The van der Waals surface area contributed by atoms with Crippen LogP contribution in [0.5, 0.6) is 0 Å². The van der Waals surface area contributed by atoms with E-state index in [1.54, 1.807) is 18.2 Å². The third-order valence-electron chi connectivity index (χ3n) is 3.11. The van der Waals surface area contributed by atoms with E-state index in [2.05, 4.69) is 0 Å². The normalized spacial score (nSPS) is 10.6. The van der Waals surface area contributed by atoms with Gasteiger partial charge in [0.15, 0.2) is 5.78 Å². The quantitative estimate of drug-likeness (QED) is 0.737. The van der Waals surface area contributed by atoms with Gasteiger partial charge >= 0.3 is 0 Å². The van der Waals surface area contributed by atoms with Gasteiger partial charge in [-0.1, -0.05) is 59.6 Å². The number of carbonyl (C=O) groups excluding carboxylic acids is 1. The summed E-state index contributed by atoms with van der Waals surface area (Å²) < 4.78 is 5.41. The van der Waals surface area contributed by atoms with Crippen molar-refractivity contribution >= 4 is 29.0 Å². The van der Waals surface area contributed by atoms with Crippen LogP contribution in [0, 0.1) is 0 Å². The molecule has 0 fully saturated rings. The molecule has 0 unspecified atom stereocenters. The van der Waals surface area contributed by atoms with Crippen LogP contribution in [0.1, 0.15) is 17.5 Å². The molecule has 0 aliphatic rings. The predicted octanol–water partition coefficient (Wildman–Crippen LogP) is 4.71. The first-order valence-corrected chi connectivity index (χ1v) is 7.48. The Morgan fingerprint density at radius 3 is 2.29 bits per heavy atom. The average Bonchev–Trinajstić information content (AvgIpc) is 2.49.